The van der Waals surface area contributed by atoms with Gasteiger partial charge in [-0.2, -0.15) is 0 Å². The van der Waals surface area contributed by atoms with Crippen molar-refractivity contribution in [2.45, 2.75) is 53.6 Å². The first kappa shape index (κ1) is 26.5. The summed E-state index contributed by atoms with van der Waals surface area (Å²) in [6.07, 6.45) is 1.89. The molecule has 3 rings (SSSR count). The van der Waals surface area contributed by atoms with Crippen molar-refractivity contribution >= 4 is 6.09 Å². The number of benzene rings is 2. The molecule has 6 heteroatoms. The maximum Gasteiger partial charge on any atom is 0.407 e. The van der Waals surface area contributed by atoms with E-state index in [2.05, 4.69) is 62.8 Å². The molecule has 3 aromatic rings. The molecule has 2 aromatic carbocycles. The third kappa shape index (κ3) is 7.43. The van der Waals surface area contributed by atoms with Gasteiger partial charge in [-0.15, -0.1) is 0 Å². The smallest absolute Gasteiger partial charge is 0.407 e. The zero-order chi connectivity index (χ0) is 25.4. The van der Waals surface area contributed by atoms with Crippen LogP contribution in [0.4, 0.5) is 4.79 Å². The van der Waals surface area contributed by atoms with Gasteiger partial charge in [-0.1, -0.05) is 95.3 Å². The highest BCUT2D eigenvalue weighted by atomic mass is 16.4. The van der Waals surface area contributed by atoms with Crippen LogP contribution in [0.15, 0.2) is 66.9 Å². The monoisotopic (exact) mass is 476 g/mol. The number of nitrogens with zero attached hydrogens (tertiary/aromatic N) is 3. The molecule has 35 heavy (non-hydrogen) atoms. The summed E-state index contributed by atoms with van der Waals surface area (Å²) in [7, 11) is 0. The molecule has 188 valence electrons. The van der Waals surface area contributed by atoms with Gasteiger partial charge in [-0.3, -0.25) is 4.90 Å². The Kier molecular flexibility index (Phi) is 9.10. The summed E-state index contributed by atoms with van der Waals surface area (Å²) < 4.78 is 2.13. The highest BCUT2D eigenvalue weighted by Gasteiger charge is 2.38. The number of hydrogen-bond acceptors (Lipinski definition) is 3. The summed E-state index contributed by atoms with van der Waals surface area (Å²) in [5.41, 5.74) is 2.68. The number of amides is 1. The van der Waals surface area contributed by atoms with E-state index in [1.165, 1.54) is 0 Å². The highest BCUT2D eigenvalue weighted by Crippen LogP contribution is 2.39. The minimum Gasteiger partial charge on any atom is -0.465 e. The van der Waals surface area contributed by atoms with E-state index in [1.54, 1.807) is 4.90 Å². The van der Waals surface area contributed by atoms with E-state index in [0.717, 1.165) is 42.2 Å². The summed E-state index contributed by atoms with van der Waals surface area (Å²) in [4.78, 5) is 19.2. The molecule has 1 amide bonds. The second kappa shape index (κ2) is 12.0. The van der Waals surface area contributed by atoms with Crippen molar-refractivity contribution in [3.8, 4) is 11.3 Å². The Morgan fingerprint density at radius 1 is 1.06 bits per heavy atom. The number of rotatable bonds is 11. The SMILES string of the molecule is CC(C)CNCCCN(C(=O)O)[C@@H](c1nc(-c2ccccc2)cn1Cc1ccccc1)C(C)(C)C. The predicted octanol–water partition coefficient (Wildman–Crippen LogP) is 6.30. The van der Waals surface area contributed by atoms with Gasteiger partial charge in [0.1, 0.15) is 5.82 Å². The van der Waals surface area contributed by atoms with Crippen LogP contribution in [0, 0.1) is 11.3 Å². The Labute approximate surface area is 210 Å². The molecule has 0 aliphatic rings. The largest absolute Gasteiger partial charge is 0.465 e. The number of carbonyl (C=O) groups is 1. The third-order valence-electron chi connectivity index (χ3n) is 6.00. The molecule has 1 heterocycles. The molecule has 0 fully saturated rings. The molecule has 2 N–H and O–H groups in total. The van der Waals surface area contributed by atoms with Gasteiger partial charge < -0.3 is 15.0 Å². The zero-order valence-electron chi connectivity index (χ0n) is 21.7. The zero-order valence-corrected chi connectivity index (χ0v) is 21.7. The molecule has 0 saturated heterocycles. The molecule has 0 aliphatic heterocycles. The van der Waals surface area contributed by atoms with Crippen molar-refractivity contribution in [2.75, 3.05) is 19.6 Å². The van der Waals surface area contributed by atoms with Crippen molar-refractivity contribution in [3.63, 3.8) is 0 Å². The van der Waals surface area contributed by atoms with Gasteiger partial charge >= 0.3 is 6.09 Å². The topological polar surface area (TPSA) is 70.4 Å². The minimum atomic E-state index is -0.913. The summed E-state index contributed by atoms with van der Waals surface area (Å²) in [5.74, 6) is 1.34. The van der Waals surface area contributed by atoms with E-state index in [9.17, 15) is 9.90 Å². The van der Waals surface area contributed by atoms with Crippen LogP contribution in [-0.2, 0) is 6.54 Å². The second-order valence-electron chi connectivity index (χ2n) is 10.7. The first-order chi connectivity index (χ1) is 16.7. The fraction of sp³-hybridized carbons (Fsp3) is 0.448. The Morgan fingerprint density at radius 2 is 1.69 bits per heavy atom. The highest BCUT2D eigenvalue weighted by molar-refractivity contribution is 5.66. The van der Waals surface area contributed by atoms with E-state index in [1.807, 2.05) is 48.5 Å². The summed E-state index contributed by atoms with van der Waals surface area (Å²) >= 11 is 0. The molecule has 1 atom stereocenters. The third-order valence-corrected chi connectivity index (χ3v) is 6.00. The fourth-order valence-electron chi connectivity index (χ4n) is 4.40. The lowest BCUT2D eigenvalue weighted by Gasteiger charge is -2.38. The van der Waals surface area contributed by atoms with Crippen LogP contribution in [-0.4, -0.2) is 45.3 Å². The molecule has 0 saturated carbocycles. The molecular weight excluding hydrogens is 436 g/mol. The molecule has 1 aromatic heterocycles. The Morgan fingerprint density at radius 3 is 2.26 bits per heavy atom. The van der Waals surface area contributed by atoms with Gasteiger partial charge in [-0.05, 0) is 36.4 Å². The number of hydrogen-bond donors (Lipinski definition) is 2. The molecule has 0 aliphatic carbocycles. The maximum atomic E-state index is 12.5. The number of carboxylic acid groups (broad SMARTS) is 1. The predicted molar refractivity (Wildman–Crippen MR) is 142 cm³/mol. The van der Waals surface area contributed by atoms with Crippen LogP contribution < -0.4 is 5.32 Å². The van der Waals surface area contributed by atoms with Crippen LogP contribution >= 0.6 is 0 Å². The van der Waals surface area contributed by atoms with Crippen LogP contribution in [0.5, 0.6) is 0 Å². The summed E-state index contributed by atoms with van der Waals surface area (Å²) in [6, 6.07) is 19.9. The second-order valence-corrected chi connectivity index (χ2v) is 10.7. The van der Waals surface area contributed by atoms with E-state index >= 15 is 0 Å². The van der Waals surface area contributed by atoms with E-state index in [0.29, 0.717) is 19.0 Å². The Bertz CT molecular complexity index is 1060. The van der Waals surface area contributed by atoms with Gasteiger partial charge in [0, 0.05) is 24.8 Å². The van der Waals surface area contributed by atoms with Crippen molar-refractivity contribution in [1.29, 1.82) is 0 Å². The van der Waals surface area contributed by atoms with Crippen molar-refractivity contribution < 1.29 is 9.90 Å². The summed E-state index contributed by atoms with van der Waals surface area (Å²) in [6.45, 7) is 13.4. The van der Waals surface area contributed by atoms with Crippen LogP contribution in [0.3, 0.4) is 0 Å². The van der Waals surface area contributed by atoms with Crippen LogP contribution in [0.2, 0.25) is 0 Å². The average molecular weight is 477 g/mol. The quantitative estimate of drug-likeness (QED) is 0.319. The van der Waals surface area contributed by atoms with Gasteiger partial charge in [0.15, 0.2) is 0 Å². The first-order valence-electron chi connectivity index (χ1n) is 12.5. The van der Waals surface area contributed by atoms with E-state index in [-0.39, 0.29) is 5.41 Å². The number of aromatic nitrogens is 2. The number of imidazole rings is 1. The van der Waals surface area contributed by atoms with E-state index in [4.69, 9.17) is 4.98 Å². The van der Waals surface area contributed by atoms with Crippen molar-refractivity contribution in [2.24, 2.45) is 11.3 Å². The van der Waals surface area contributed by atoms with Crippen LogP contribution in [0.25, 0.3) is 11.3 Å². The summed E-state index contributed by atoms with van der Waals surface area (Å²) in [5, 5.41) is 13.7. The molecule has 6 nitrogen and oxygen atoms in total. The molecule has 0 spiro atoms. The average Bonchev–Trinajstić information content (AvgIpc) is 3.21. The Hall–Kier alpha value is -3.12. The molecule has 0 unspecified atom stereocenters. The molecule has 0 bridgehead atoms. The molecule has 0 radical (unpaired) electrons. The van der Waals surface area contributed by atoms with Gasteiger partial charge in [0.05, 0.1) is 11.7 Å². The lowest BCUT2D eigenvalue weighted by Crippen LogP contribution is -2.43. The number of nitrogens with one attached hydrogen (secondary N) is 1. The first-order valence-corrected chi connectivity index (χ1v) is 12.5. The fourth-order valence-corrected chi connectivity index (χ4v) is 4.40. The maximum absolute atomic E-state index is 12.5. The molecular formula is C29H40N4O2. The minimum absolute atomic E-state index is 0.350. The van der Waals surface area contributed by atoms with Crippen molar-refractivity contribution in [3.05, 3.63) is 78.2 Å². The normalized spacial score (nSPS) is 12.6. The Balaban J connectivity index is 1.99. The van der Waals surface area contributed by atoms with Gasteiger partial charge in [0.25, 0.3) is 0 Å². The lowest BCUT2D eigenvalue weighted by molar-refractivity contribution is 0.0750. The van der Waals surface area contributed by atoms with Crippen molar-refractivity contribution in [1.82, 2.24) is 19.8 Å². The van der Waals surface area contributed by atoms with Gasteiger partial charge in [0.2, 0.25) is 0 Å². The van der Waals surface area contributed by atoms with E-state index < -0.39 is 12.1 Å². The van der Waals surface area contributed by atoms with Crippen LogP contribution in [0.1, 0.15) is 58.5 Å². The standard InChI is InChI=1S/C29H40N4O2/c1-22(2)19-30-17-12-18-33(28(34)35)26(29(3,4)5)27-31-25(24-15-10-7-11-16-24)21-32(27)20-23-13-8-6-9-14-23/h6-11,13-16,21-22,26,30H,12,17-20H2,1-5H3,(H,34,35)/t26-/m0/s1. The van der Waals surface area contributed by atoms with Gasteiger partial charge in [-0.25, -0.2) is 9.78 Å². The lowest BCUT2D eigenvalue weighted by atomic mass is 9.84.